The predicted octanol–water partition coefficient (Wildman–Crippen LogP) is 1.11. The number of benzene rings is 1. The summed E-state index contributed by atoms with van der Waals surface area (Å²) in [5.41, 5.74) is 1.98. The Morgan fingerprint density at radius 3 is 2.31 bits per heavy atom. The Hall–Kier alpha value is -2.81. The van der Waals surface area contributed by atoms with Crippen LogP contribution in [-0.2, 0) is 13.2 Å². The van der Waals surface area contributed by atoms with Crippen molar-refractivity contribution < 1.29 is 24.0 Å². The highest BCUT2D eigenvalue weighted by Gasteiger charge is 2.24. The van der Waals surface area contributed by atoms with Crippen LogP contribution in [0.4, 0.5) is 5.69 Å². The van der Waals surface area contributed by atoms with Crippen LogP contribution >= 0.6 is 0 Å². The Bertz CT molecular complexity index is 803. The molecule has 0 saturated heterocycles. The lowest BCUT2D eigenvalue weighted by Crippen LogP contribution is -3.07. The standard InChI is InChI=1S/C17H24N4O5/c1-11-15(21(22)23)12(2)20(18-11)10-19(3)9-13-7-8-14(24-4)17(26-6)16(13)25-5/h7-8H,9-10H2,1-6H3/p+1. The molecule has 0 aliphatic rings. The van der Waals surface area contributed by atoms with Crippen molar-refractivity contribution in [2.45, 2.75) is 27.1 Å². The van der Waals surface area contributed by atoms with E-state index in [1.54, 1.807) is 39.9 Å². The summed E-state index contributed by atoms with van der Waals surface area (Å²) in [6, 6.07) is 3.76. The first-order valence-corrected chi connectivity index (χ1v) is 8.11. The van der Waals surface area contributed by atoms with Crippen molar-refractivity contribution >= 4 is 5.69 Å². The molecule has 0 bridgehead atoms. The Labute approximate surface area is 152 Å². The van der Waals surface area contributed by atoms with Crippen LogP contribution in [-0.4, -0.2) is 43.1 Å². The lowest BCUT2D eigenvalue weighted by molar-refractivity contribution is -0.917. The normalized spacial score (nSPS) is 11.9. The lowest BCUT2D eigenvalue weighted by atomic mass is 10.1. The minimum Gasteiger partial charge on any atom is -0.493 e. The fourth-order valence-electron chi connectivity index (χ4n) is 3.04. The maximum atomic E-state index is 11.2. The van der Waals surface area contributed by atoms with E-state index in [1.807, 2.05) is 19.2 Å². The molecule has 0 saturated carbocycles. The summed E-state index contributed by atoms with van der Waals surface area (Å²) in [5, 5.41) is 15.4. The molecule has 1 N–H and O–H groups in total. The van der Waals surface area contributed by atoms with Gasteiger partial charge in [0.15, 0.2) is 18.2 Å². The van der Waals surface area contributed by atoms with E-state index in [1.165, 1.54) is 0 Å². The van der Waals surface area contributed by atoms with Crippen LogP contribution in [0.2, 0.25) is 0 Å². The van der Waals surface area contributed by atoms with Gasteiger partial charge in [0.2, 0.25) is 5.75 Å². The molecule has 1 atom stereocenters. The molecule has 1 aromatic heterocycles. The van der Waals surface area contributed by atoms with Crippen molar-refractivity contribution in [2.75, 3.05) is 28.4 Å². The summed E-state index contributed by atoms with van der Waals surface area (Å²) < 4.78 is 17.9. The van der Waals surface area contributed by atoms with Gasteiger partial charge in [-0.2, -0.15) is 5.10 Å². The van der Waals surface area contributed by atoms with Crippen LogP contribution in [0.3, 0.4) is 0 Å². The molecule has 0 fully saturated rings. The van der Waals surface area contributed by atoms with Gasteiger partial charge in [-0.1, -0.05) is 0 Å². The average Bonchev–Trinajstić information content (AvgIpc) is 2.87. The second-order valence-corrected chi connectivity index (χ2v) is 6.06. The Balaban J connectivity index is 2.25. The third-order valence-electron chi connectivity index (χ3n) is 4.22. The van der Waals surface area contributed by atoms with E-state index in [4.69, 9.17) is 14.2 Å². The minimum atomic E-state index is -0.388. The summed E-state index contributed by atoms with van der Waals surface area (Å²) in [5.74, 6) is 1.76. The molecule has 0 aliphatic carbocycles. The van der Waals surface area contributed by atoms with Gasteiger partial charge in [-0.25, -0.2) is 4.68 Å². The van der Waals surface area contributed by atoms with Crippen molar-refractivity contribution in [2.24, 2.45) is 0 Å². The number of nitro groups is 1. The van der Waals surface area contributed by atoms with Gasteiger partial charge < -0.3 is 19.1 Å². The van der Waals surface area contributed by atoms with Gasteiger partial charge in [-0.15, -0.1) is 0 Å². The number of nitrogens with one attached hydrogen (secondary N) is 1. The highest BCUT2D eigenvalue weighted by atomic mass is 16.6. The van der Waals surface area contributed by atoms with Crippen molar-refractivity contribution in [1.29, 1.82) is 0 Å². The molecule has 1 aromatic carbocycles. The quantitative estimate of drug-likeness (QED) is 0.556. The first kappa shape index (κ1) is 19.5. The number of ether oxygens (including phenoxy) is 3. The highest BCUT2D eigenvalue weighted by molar-refractivity contribution is 5.55. The number of aryl methyl sites for hydroxylation is 1. The molecular formula is C17H25N4O5+. The molecule has 142 valence electrons. The molecule has 0 aliphatic heterocycles. The summed E-state index contributed by atoms with van der Waals surface area (Å²) in [6.07, 6.45) is 0. The maximum absolute atomic E-state index is 11.2. The average molecular weight is 365 g/mol. The van der Waals surface area contributed by atoms with E-state index >= 15 is 0 Å². The van der Waals surface area contributed by atoms with Gasteiger partial charge in [0, 0.05) is 0 Å². The van der Waals surface area contributed by atoms with E-state index in [-0.39, 0.29) is 10.6 Å². The molecular weight excluding hydrogens is 340 g/mol. The number of quaternary nitrogens is 1. The molecule has 2 aromatic rings. The third kappa shape index (κ3) is 3.72. The van der Waals surface area contributed by atoms with Gasteiger partial charge >= 0.3 is 5.69 Å². The Kier molecular flexibility index (Phi) is 6.04. The van der Waals surface area contributed by atoms with Crippen molar-refractivity contribution in [3.05, 3.63) is 39.2 Å². The lowest BCUT2D eigenvalue weighted by Gasteiger charge is -2.19. The van der Waals surface area contributed by atoms with Crippen molar-refractivity contribution in [3.63, 3.8) is 0 Å². The summed E-state index contributed by atoms with van der Waals surface area (Å²) >= 11 is 0. The fourth-order valence-corrected chi connectivity index (χ4v) is 3.04. The van der Waals surface area contributed by atoms with Gasteiger partial charge in [0.1, 0.15) is 17.9 Å². The third-order valence-corrected chi connectivity index (χ3v) is 4.22. The van der Waals surface area contributed by atoms with Crippen LogP contribution in [0.25, 0.3) is 0 Å². The smallest absolute Gasteiger partial charge is 0.312 e. The van der Waals surface area contributed by atoms with Crippen LogP contribution < -0.4 is 19.1 Å². The second kappa shape index (κ2) is 8.05. The predicted molar refractivity (Wildman–Crippen MR) is 95.0 cm³/mol. The topological polar surface area (TPSA) is 93.1 Å². The van der Waals surface area contributed by atoms with Gasteiger partial charge in [-0.3, -0.25) is 10.1 Å². The van der Waals surface area contributed by atoms with Crippen molar-refractivity contribution in [3.8, 4) is 17.2 Å². The van der Waals surface area contributed by atoms with Gasteiger partial charge in [-0.05, 0) is 26.0 Å². The summed E-state index contributed by atoms with van der Waals surface area (Å²) in [6.45, 7) is 4.46. The molecule has 26 heavy (non-hydrogen) atoms. The number of rotatable bonds is 8. The molecule has 9 nitrogen and oxygen atoms in total. The van der Waals surface area contributed by atoms with E-state index < -0.39 is 0 Å². The zero-order valence-electron chi connectivity index (χ0n) is 16.0. The fraction of sp³-hybridized carbons (Fsp3) is 0.471. The monoisotopic (exact) mass is 365 g/mol. The Morgan fingerprint density at radius 2 is 1.81 bits per heavy atom. The van der Waals surface area contributed by atoms with Gasteiger partial charge in [0.25, 0.3) is 0 Å². The largest absolute Gasteiger partial charge is 0.493 e. The molecule has 1 unspecified atom stereocenters. The molecule has 2 rings (SSSR count). The van der Waals surface area contributed by atoms with Crippen LogP contribution in [0.1, 0.15) is 17.0 Å². The van der Waals surface area contributed by atoms with Crippen LogP contribution in [0.5, 0.6) is 17.2 Å². The summed E-state index contributed by atoms with van der Waals surface area (Å²) in [7, 11) is 6.71. The summed E-state index contributed by atoms with van der Waals surface area (Å²) in [4.78, 5) is 11.8. The maximum Gasteiger partial charge on any atom is 0.312 e. The SMILES string of the molecule is COc1ccc(C[NH+](C)Cn2nc(C)c([N+](=O)[O-])c2C)c(OC)c1OC. The zero-order chi connectivity index (χ0) is 19.4. The number of aromatic nitrogens is 2. The second-order valence-electron chi connectivity index (χ2n) is 6.06. The number of hydrogen-bond donors (Lipinski definition) is 1. The molecule has 0 amide bonds. The molecule has 9 heteroatoms. The number of hydrogen-bond acceptors (Lipinski definition) is 6. The van der Waals surface area contributed by atoms with E-state index in [9.17, 15) is 10.1 Å². The number of nitrogens with zero attached hydrogens (tertiary/aromatic N) is 3. The van der Waals surface area contributed by atoms with E-state index in [2.05, 4.69) is 5.10 Å². The van der Waals surface area contributed by atoms with Crippen LogP contribution in [0.15, 0.2) is 12.1 Å². The highest BCUT2D eigenvalue weighted by Crippen LogP contribution is 2.39. The first-order chi connectivity index (χ1) is 12.3. The zero-order valence-corrected chi connectivity index (χ0v) is 16.0. The van der Waals surface area contributed by atoms with E-state index in [0.717, 1.165) is 10.5 Å². The minimum absolute atomic E-state index is 0.0708. The molecule has 1 heterocycles. The van der Waals surface area contributed by atoms with Gasteiger partial charge in [0.05, 0.1) is 38.9 Å². The Morgan fingerprint density at radius 1 is 1.15 bits per heavy atom. The molecule has 0 radical (unpaired) electrons. The van der Waals surface area contributed by atoms with E-state index in [0.29, 0.717) is 41.8 Å². The van der Waals surface area contributed by atoms with Crippen molar-refractivity contribution in [1.82, 2.24) is 9.78 Å². The number of methoxy groups -OCH3 is 3. The van der Waals surface area contributed by atoms with Crippen LogP contribution in [0, 0.1) is 24.0 Å². The molecule has 0 spiro atoms. The first-order valence-electron chi connectivity index (χ1n) is 8.11.